The van der Waals surface area contributed by atoms with Crippen LogP contribution in [0.15, 0.2) is 17.6 Å². The summed E-state index contributed by atoms with van der Waals surface area (Å²) >= 11 is 0. The second-order valence-electron chi connectivity index (χ2n) is 5.12. The average molecular weight is 301 g/mol. The number of hydrogen-bond donors (Lipinski definition) is 1. The van der Waals surface area contributed by atoms with Gasteiger partial charge in [-0.25, -0.2) is 13.4 Å². The molecule has 2 heterocycles. The van der Waals surface area contributed by atoms with E-state index in [1.165, 1.54) is 10.6 Å². The predicted molar refractivity (Wildman–Crippen MR) is 76.7 cm³/mol. The summed E-state index contributed by atoms with van der Waals surface area (Å²) in [5.41, 5.74) is 5.47. The molecule has 0 saturated carbocycles. The van der Waals surface area contributed by atoms with Gasteiger partial charge in [0.05, 0.1) is 6.33 Å². The zero-order valence-electron chi connectivity index (χ0n) is 11.9. The fraction of sp³-hybridized carbons (Fsp3) is 0.750. The number of piperazine rings is 1. The van der Waals surface area contributed by atoms with Crippen molar-refractivity contribution < 1.29 is 8.42 Å². The van der Waals surface area contributed by atoms with Gasteiger partial charge in [0, 0.05) is 39.4 Å². The van der Waals surface area contributed by atoms with Crippen molar-refractivity contribution in [3.63, 3.8) is 0 Å². The van der Waals surface area contributed by atoms with Crippen molar-refractivity contribution in [2.24, 2.45) is 12.8 Å². The number of aromatic nitrogens is 2. The molecule has 1 fully saturated rings. The molecule has 0 aliphatic carbocycles. The lowest BCUT2D eigenvalue weighted by atomic mass is 10.2. The topological polar surface area (TPSA) is 84.5 Å². The maximum Gasteiger partial charge on any atom is 0.262 e. The first-order valence-electron chi connectivity index (χ1n) is 6.94. The van der Waals surface area contributed by atoms with Crippen LogP contribution in [0.5, 0.6) is 0 Å². The molecule has 0 aromatic carbocycles. The molecule has 1 aromatic rings. The molecule has 1 aliphatic rings. The van der Waals surface area contributed by atoms with E-state index < -0.39 is 10.0 Å². The fourth-order valence-electron chi connectivity index (χ4n) is 2.33. The number of unbranched alkanes of at least 4 members (excludes halogenated alkanes) is 1. The summed E-state index contributed by atoms with van der Waals surface area (Å²) in [5.74, 6) is 0. The number of sulfonamides is 1. The molecule has 7 nitrogen and oxygen atoms in total. The molecule has 20 heavy (non-hydrogen) atoms. The van der Waals surface area contributed by atoms with E-state index in [-0.39, 0.29) is 5.03 Å². The van der Waals surface area contributed by atoms with E-state index in [9.17, 15) is 8.42 Å². The lowest BCUT2D eigenvalue weighted by Crippen LogP contribution is -2.48. The van der Waals surface area contributed by atoms with Crippen LogP contribution in [-0.2, 0) is 17.1 Å². The molecule has 0 amide bonds. The standard InChI is InChI=1S/C12H23N5O2S/c1-15-10-12(14-11-15)20(18,19)17-8-6-16(7-9-17)5-3-2-4-13/h10-11H,2-9,13H2,1H3. The van der Waals surface area contributed by atoms with Gasteiger partial charge in [0.25, 0.3) is 10.0 Å². The summed E-state index contributed by atoms with van der Waals surface area (Å²) in [6.07, 6.45) is 5.15. The number of nitrogens with zero attached hydrogens (tertiary/aromatic N) is 4. The smallest absolute Gasteiger partial charge is 0.262 e. The molecule has 0 spiro atoms. The first-order valence-corrected chi connectivity index (χ1v) is 8.38. The monoisotopic (exact) mass is 301 g/mol. The van der Waals surface area contributed by atoms with Gasteiger partial charge in [-0.15, -0.1) is 0 Å². The van der Waals surface area contributed by atoms with E-state index in [1.807, 2.05) is 0 Å². The van der Waals surface area contributed by atoms with Crippen LogP contribution in [0.1, 0.15) is 12.8 Å². The maximum absolute atomic E-state index is 12.4. The summed E-state index contributed by atoms with van der Waals surface area (Å²) in [6, 6.07) is 0. The Balaban J connectivity index is 1.90. The highest BCUT2D eigenvalue weighted by Crippen LogP contribution is 2.15. The van der Waals surface area contributed by atoms with Crippen molar-refractivity contribution in [3.8, 4) is 0 Å². The largest absolute Gasteiger partial charge is 0.339 e. The second-order valence-corrected chi connectivity index (χ2v) is 7.00. The van der Waals surface area contributed by atoms with Crippen LogP contribution >= 0.6 is 0 Å². The Kier molecular flexibility index (Phi) is 5.14. The van der Waals surface area contributed by atoms with Crippen LogP contribution in [0.4, 0.5) is 0 Å². The normalized spacial score (nSPS) is 18.5. The summed E-state index contributed by atoms with van der Waals surface area (Å²) in [6.45, 7) is 4.32. The molecule has 0 atom stereocenters. The third-order valence-corrected chi connectivity index (χ3v) is 5.33. The van der Waals surface area contributed by atoms with E-state index in [0.717, 1.165) is 32.5 Å². The average Bonchev–Trinajstić information content (AvgIpc) is 2.87. The highest BCUT2D eigenvalue weighted by atomic mass is 32.2. The molecule has 8 heteroatoms. The van der Waals surface area contributed by atoms with Crippen LogP contribution in [0, 0.1) is 0 Å². The molecule has 2 rings (SSSR count). The van der Waals surface area contributed by atoms with Gasteiger partial charge in [-0.1, -0.05) is 0 Å². The maximum atomic E-state index is 12.4. The zero-order chi connectivity index (χ0) is 14.6. The number of hydrogen-bond acceptors (Lipinski definition) is 5. The molecular formula is C12H23N5O2S. The Bertz CT molecular complexity index is 520. The summed E-state index contributed by atoms with van der Waals surface area (Å²) in [7, 11) is -1.67. The molecule has 1 aliphatic heterocycles. The summed E-state index contributed by atoms with van der Waals surface area (Å²) < 4.78 is 27.9. The van der Waals surface area contributed by atoms with Gasteiger partial charge in [0.2, 0.25) is 0 Å². The molecule has 2 N–H and O–H groups in total. The first kappa shape index (κ1) is 15.4. The molecule has 0 bridgehead atoms. The highest BCUT2D eigenvalue weighted by molar-refractivity contribution is 7.89. The van der Waals surface area contributed by atoms with Gasteiger partial charge in [0.1, 0.15) is 0 Å². The van der Waals surface area contributed by atoms with Gasteiger partial charge in [-0.2, -0.15) is 4.31 Å². The van der Waals surface area contributed by atoms with Crippen LogP contribution in [0.3, 0.4) is 0 Å². The highest BCUT2D eigenvalue weighted by Gasteiger charge is 2.29. The molecule has 1 aromatic heterocycles. The molecule has 114 valence electrons. The second kappa shape index (κ2) is 6.66. The molecular weight excluding hydrogens is 278 g/mol. The van der Waals surface area contributed by atoms with Crippen molar-refractivity contribution in [3.05, 3.63) is 12.5 Å². The Morgan fingerprint density at radius 1 is 1.25 bits per heavy atom. The van der Waals surface area contributed by atoms with Crippen molar-refractivity contribution in [1.82, 2.24) is 18.8 Å². The Hall–Kier alpha value is -0.960. The van der Waals surface area contributed by atoms with E-state index in [4.69, 9.17) is 5.73 Å². The Morgan fingerprint density at radius 2 is 1.95 bits per heavy atom. The predicted octanol–water partition coefficient (Wildman–Crippen LogP) is -0.535. The number of nitrogens with two attached hydrogens (primary N) is 1. The van der Waals surface area contributed by atoms with Gasteiger partial charge < -0.3 is 15.2 Å². The van der Waals surface area contributed by atoms with E-state index >= 15 is 0 Å². The van der Waals surface area contributed by atoms with Gasteiger partial charge >= 0.3 is 0 Å². The van der Waals surface area contributed by atoms with Gasteiger partial charge in [0.15, 0.2) is 5.03 Å². The number of rotatable bonds is 6. The van der Waals surface area contributed by atoms with Crippen molar-refractivity contribution in [1.29, 1.82) is 0 Å². The van der Waals surface area contributed by atoms with Crippen molar-refractivity contribution in [2.45, 2.75) is 17.9 Å². The summed E-state index contributed by atoms with van der Waals surface area (Å²) in [5, 5.41) is 0.136. The molecule has 0 unspecified atom stereocenters. The number of imidazole rings is 1. The van der Waals surface area contributed by atoms with Gasteiger partial charge in [-0.3, -0.25) is 0 Å². The van der Waals surface area contributed by atoms with Crippen LogP contribution in [-0.4, -0.2) is 66.4 Å². The Labute approximate surface area is 120 Å². The molecule has 0 radical (unpaired) electrons. The van der Waals surface area contributed by atoms with Crippen molar-refractivity contribution in [2.75, 3.05) is 39.3 Å². The van der Waals surface area contributed by atoms with E-state index in [0.29, 0.717) is 19.6 Å². The van der Waals surface area contributed by atoms with E-state index in [1.54, 1.807) is 17.8 Å². The van der Waals surface area contributed by atoms with Gasteiger partial charge in [-0.05, 0) is 25.9 Å². The van der Waals surface area contributed by atoms with Crippen LogP contribution < -0.4 is 5.73 Å². The Morgan fingerprint density at radius 3 is 2.50 bits per heavy atom. The molecule has 1 saturated heterocycles. The third kappa shape index (κ3) is 3.57. The lowest BCUT2D eigenvalue weighted by Gasteiger charge is -2.33. The van der Waals surface area contributed by atoms with E-state index in [2.05, 4.69) is 9.88 Å². The summed E-state index contributed by atoms with van der Waals surface area (Å²) in [4.78, 5) is 6.24. The van der Waals surface area contributed by atoms with Crippen LogP contribution in [0.2, 0.25) is 0 Å². The first-order chi connectivity index (χ1) is 9.54. The minimum absolute atomic E-state index is 0.136. The minimum atomic E-state index is -3.44. The lowest BCUT2D eigenvalue weighted by molar-refractivity contribution is 0.186. The number of aryl methyl sites for hydroxylation is 1. The van der Waals surface area contributed by atoms with Crippen molar-refractivity contribution >= 4 is 10.0 Å². The minimum Gasteiger partial charge on any atom is -0.339 e. The fourth-order valence-corrected chi connectivity index (χ4v) is 3.72. The zero-order valence-corrected chi connectivity index (χ0v) is 12.7. The third-order valence-electron chi connectivity index (χ3n) is 3.55. The van der Waals surface area contributed by atoms with Crippen LogP contribution in [0.25, 0.3) is 0 Å². The quantitative estimate of drug-likeness (QED) is 0.714. The SMILES string of the molecule is Cn1cnc(S(=O)(=O)N2CCN(CCCCN)CC2)c1.